The van der Waals surface area contributed by atoms with E-state index < -0.39 is 0 Å². The number of unbranched alkanes of at least 4 members (excludes halogenated alkanes) is 1. The van der Waals surface area contributed by atoms with Gasteiger partial charge in [0.15, 0.2) is 11.5 Å². The van der Waals surface area contributed by atoms with Crippen molar-refractivity contribution in [3.63, 3.8) is 0 Å². The zero-order chi connectivity index (χ0) is 16.5. The molecular formula is C19H30NO3+. The molecule has 0 saturated carbocycles. The van der Waals surface area contributed by atoms with Gasteiger partial charge in [-0.25, -0.2) is 0 Å². The quantitative estimate of drug-likeness (QED) is 0.646. The van der Waals surface area contributed by atoms with Gasteiger partial charge in [0.1, 0.15) is 24.6 Å². The molecule has 0 spiro atoms. The number of quaternary nitrogens is 1. The maximum atomic E-state index is 5.73. The Morgan fingerprint density at radius 3 is 1.91 bits per heavy atom. The first-order valence-corrected chi connectivity index (χ1v) is 8.69. The van der Waals surface area contributed by atoms with Crippen LogP contribution < -0.4 is 4.90 Å². The lowest BCUT2D eigenvalue weighted by Crippen LogP contribution is -3.09. The normalized spacial score (nSPS) is 11.5. The predicted octanol–water partition coefficient (Wildman–Crippen LogP) is 3.28. The van der Waals surface area contributed by atoms with E-state index in [-0.39, 0.29) is 0 Å². The first-order valence-electron chi connectivity index (χ1n) is 8.69. The van der Waals surface area contributed by atoms with Gasteiger partial charge < -0.3 is 18.5 Å². The number of ether oxygens (including phenoxy) is 1. The minimum Gasteiger partial charge on any atom is -0.460 e. The number of nitrogens with one attached hydrogen (secondary N) is 1. The molecule has 0 aliphatic rings. The van der Waals surface area contributed by atoms with E-state index in [1.807, 2.05) is 26.0 Å². The second kappa shape index (κ2) is 9.58. The van der Waals surface area contributed by atoms with E-state index in [0.29, 0.717) is 0 Å². The van der Waals surface area contributed by atoms with Crippen LogP contribution in [-0.4, -0.2) is 19.8 Å². The highest BCUT2D eigenvalue weighted by atomic mass is 16.5. The largest absolute Gasteiger partial charge is 0.460 e. The fraction of sp³-hybridized carbons (Fsp3) is 0.579. The SMILES string of the molecule is CCCCOCCC[NH+](Cc1ccc(C)o1)Cc1ccc(C)o1. The molecule has 1 N–H and O–H groups in total. The van der Waals surface area contributed by atoms with E-state index in [1.54, 1.807) is 0 Å². The molecule has 128 valence electrons. The van der Waals surface area contributed by atoms with Gasteiger partial charge in [0.05, 0.1) is 13.2 Å². The van der Waals surface area contributed by atoms with E-state index in [2.05, 4.69) is 19.1 Å². The van der Waals surface area contributed by atoms with Crippen molar-refractivity contribution in [1.29, 1.82) is 0 Å². The summed E-state index contributed by atoms with van der Waals surface area (Å²) < 4.78 is 17.1. The molecule has 0 fully saturated rings. The Morgan fingerprint density at radius 2 is 1.43 bits per heavy atom. The summed E-state index contributed by atoms with van der Waals surface area (Å²) in [7, 11) is 0. The third kappa shape index (κ3) is 6.63. The van der Waals surface area contributed by atoms with Crippen molar-refractivity contribution >= 4 is 0 Å². The Kier molecular flexibility index (Phi) is 7.43. The van der Waals surface area contributed by atoms with Crippen LogP contribution in [0.15, 0.2) is 33.1 Å². The zero-order valence-corrected chi connectivity index (χ0v) is 14.7. The Balaban J connectivity index is 1.83. The lowest BCUT2D eigenvalue weighted by Gasteiger charge is -2.17. The first kappa shape index (κ1) is 17.8. The number of furan rings is 2. The molecule has 2 heterocycles. The Morgan fingerprint density at radius 1 is 0.870 bits per heavy atom. The van der Waals surface area contributed by atoms with Gasteiger partial charge in [-0.05, 0) is 44.5 Å². The van der Waals surface area contributed by atoms with Crippen LogP contribution in [-0.2, 0) is 17.8 Å². The lowest BCUT2D eigenvalue weighted by atomic mass is 10.3. The van der Waals surface area contributed by atoms with Gasteiger partial charge in [0.2, 0.25) is 0 Å². The summed E-state index contributed by atoms with van der Waals surface area (Å²) >= 11 is 0. The summed E-state index contributed by atoms with van der Waals surface area (Å²) in [6, 6.07) is 8.19. The molecule has 0 aliphatic carbocycles. The second-order valence-electron chi connectivity index (χ2n) is 6.20. The third-order valence-electron chi connectivity index (χ3n) is 3.90. The van der Waals surface area contributed by atoms with Gasteiger partial charge in [0.25, 0.3) is 0 Å². The van der Waals surface area contributed by atoms with Crippen LogP contribution in [0.3, 0.4) is 0 Å². The van der Waals surface area contributed by atoms with Crippen LogP contribution in [0.2, 0.25) is 0 Å². The highest BCUT2D eigenvalue weighted by Crippen LogP contribution is 2.07. The van der Waals surface area contributed by atoms with Crippen LogP contribution in [0, 0.1) is 13.8 Å². The fourth-order valence-corrected chi connectivity index (χ4v) is 2.67. The molecule has 4 nitrogen and oxygen atoms in total. The highest BCUT2D eigenvalue weighted by molar-refractivity contribution is 5.05. The molecule has 0 aliphatic heterocycles. The van der Waals surface area contributed by atoms with Crippen molar-refractivity contribution in [2.75, 3.05) is 19.8 Å². The molecule has 4 heteroatoms. The van der Waals surface area contributed by atoms with E-state index in [9.17, 15) is 0 Å². The van der Waals surface area contributed by atoms with Crippen molar-refractivity contribution in [2.45, 2.75) is 53.1 Å². The monoisotopic (exact) mass is 320 g/mol. The lowest BCUT2D eigenvalue weighted by molar-refractivity contribution is -0.929. The smallest absolute Gasteiger partial charge is 0.158 e. The third-order valence-corrected chi connectivity index (χ3v) is 3.90. The standard InChI is InChI=1S/C19H29NO3/c1-4-5-12-21-13-6-11-20(14-18-9-7-16(2)22-18)15-19-10-8-17(3)23-19/h7-10H,4-6,11-15H2,1-3H3/p+1. The molecule has 0 amide bonds. The van der Waals surface area contributed by atoms with E-state index in [0.717, 1.165) is 68.7 Å². The van der Waals surface area contributed by atoms with E-state index >= 15 is 0 Å². The average Bonchev–Trinajstić information content (AvgIpc) is 3.11. The molecule has 0 unspecified atom stereocenters. The van der Waals surface area contributed by atoms with Gasteiger partial charge in [-0.15, -0.1) is 0 Å². The number of aryl methyl sites for hydroxylation is 2. The number of hydrogen-bond acceptors (Lipinski definition) is 3. The molecule has 0 saturated heterocycles. The Hall–Kier alpha value is -1.52. The Labute approximate surface area is 139 Å². The van der Waals surface area contributed by atoms with Crippen LogP contribution in [0.25, 0.3) is 0 Å². The van der Waals surface area contributed by atoms with Crippen LogP contribution in [0.4, 0.5) is 0 Å². The van der Waals surface area contributed by atoms with Crippen LogP contribution in [0.1, 0.15) is 49.2 Å². The topological polar surface area (TPSA) is 40.0 Å². The molecular weight excluding hydrogens is 290 g/mol. The number of hydrogen-bond donors (Lipinski definition) is 1. The molecule has 2 rings (SSSR count). The maximum Gasteiger partial charge on any atom is 0.158 e. The van der Waals surface area contributed by atoms with E-state index in [4.69, 9.17) is 13.6 Å². The van der Waals surface area contributed by atoms with Crippen LogP contribution in [0.5, 0.6) is 0 Å². The van der Waals surface area contributed by atoms with Crippen molar-refractivity contribution in [3.8, 4) is 0 Å². The van der Waals surface area contributed by atoms with Gasteiger partial charge in [-0.1, -0.05) is 13.3 Å². The first-order chi connectivity index (χ1) is 11.2. The predicted molar refractivity (Wildman–Crippen MR) is 90.5 cm³/mol. The summed E-state index contributed by atoms with van der Waals surface area (Å²) in [5, 5.41) is 0. The van der Waals surface area contributed by atoms with Crippen molar-refractivity contribution < 1.29 is 18.5 Å². The molecule has 0 radical (unpaired) electrons. The Bertz CT molecular complexity index is 516. The van der Waals surface area contributed by atoms with Gasteiger partial charge >= 0.3 is 0 Å². The van der Waals surface area contributed by atoms with E-state index in [1.165, 1.54) is 11.3 Å². The fourth-order valence-electron chi connectivity index (χ4n) is 2.67. The second-order valence-corrected chi connectivity index (χ2v) is 6.20. The van der Waals surface area contributed by atoms with Gasteiger partial charge in [-0.3, -0.25) is 0 Å². The summed E-state index contributed by atoms with van der Waals surface area (Å²) in [5.74, 6) is 4.01. The van der Waals surface area contributed by atoms with Gasteiger partial charge in [0, 0.05) is 13.0 Å². The van der Waals surface area contributed by atoms with Crippen molar-refractivity contribution in [1.82, 2.24) is 0 Å². The summed E-state index contributed by atoms with van der Waals surface area (Å²) in [6.07, 6.45) is 3.39. The summed E-state index contributed by atoms with van der Waals surface area (Å²) in [5.41, 5.74) is 0. The summed E-state index contributed by atoms with van der Waals surface area (Å²) in [4.78, 5) is 1.44. The molecule has 0 atom stereocenters. The zero-order valence-electron chi connectivity index (χ0n) is 14.7. The van der Waals surface area contributed by atoms with Crippen molar-refractivity contribution in [2.24, 2.45) is 0 Å². The molecule has 2 aromatic heterocycles. The van der Waals surface area contributed by atoms with Crippen LogP contribution >= 0.6 is 0 Å². The molecule has 0 bridgehead atoms. The summed E-state index contributed by atoms with van der Waals surface area (Å²) in [6.45, 7) is 10.7. The van der Waals surface area contributed by atoms with Gasteiger partial charge in [-0.2, -0.15) is 0 Å². The van der Waals surface area contributed by atoms with Crippen molar-refractivity contribution in [3.05, 3.63) is 47.3 Å². The molecule has 0 aromatic carbocycles. The number of rotatable bonds is 11. The molecule has 2 aromatic rings. The highest BCUT2D eigenvalue weighted by Gasteiger charge is 2.15. The average molecular weight is 320 g/mol. The minimum atomic E-state index is 0.831. The minimum absolute atomic E-state index is 0.831. The molecule has 23 heavy (non-hydrogen) atoms. The maximum absolute atomic E-state index is 5.73.